The molecule has 1 aliphatic carbocycles. The summed E-state index contributed by atoms with van der Waals surface area (Å²) in [4.78, 5) is 29.1. The lowest BCUT2D eigenvalue weighted by Crippen LogP contribution is -2.41. The standard InChI is InChI=1S/C18H22Cl2N2O3/c1-17(12-18(17,19)20)16(24)22-9-5-8-21(10-11-22)15(23)13-6-3-4-7-14(13)25-2/h3-4,6-7H,5,8-12H2,1-2H3/t17-/m0/s1. The van der Waals surface area contributed by atoms with Gasteiger partial charge in [-0.1, -0.05) is 12.1 Å². The second-order valence-corrected chi connectivity index (χ2v) is 8.34. The lowest BCUT2D eigenvalue weighted by Gasteiger charge is -2.25. The summed E-state index contributed by atoms with van der Waals surface area (Å²) < 4.78 is 4.31. The van der Waals surface area contributed by atoms with E-state index in [4.69, 9.17) is 27.9 Å². The van der Waals surface area contributed by atoms with Gasteiger partial charge in [0.1, 0.15) is 10.1 Å². The van der Waals surface area contributed by atoms with Gasteiger partial charge in [-0.3, -0.25) is 9.59 Å². The van der Waals surface area contributed by atoms with Crippen LogP contribution in [-0.2, 0) is 4.79 Å². The van der Waals surface area contributed by atoms with Crippen LogP contribution < -0.4 is 4.74 Å². The number of rotatable bonds is 3. The van der Waals surface area contributed by atoms with E-state index in [0.29, 0.717) is 43.9 Å². The monoisotopic (exact) mass is 384 g/mol. The number of para-hydroxylation sites is 1. The molecule has 1 aliphatic heterocycles. The van der Waals surface area contributed by atoms with Gasteiger partial charge in [-0.2, -0.15) is 0 Å². The average Bonchev–Trinajstić information content (AvgIpc) is 3.23. The number of carbonyl (C=O) groups is 2. The predicted octanol–water partition coefficient (Wildman–Crippen LogP) is 2.95. The second-order valence-electron chi connectivity index (χ2n) is 6.85. The minimum atomic E-state index is -0.969. The van der Waals surface area contributed by atoms with Crippen LogP contribution >= 0.6 is 23.2 Å². The SMILES string of the molecule is COc1ccccc1C(=O)N1CCCN(C(=O)[C@]2(C)CC2(Cl)Cl)CC1. The van der Waals surface area contributed by atoms with E-state index in [1.54, 1.807) is 36.0 Å². The molecule has 0 N–H and O–H groups in total. The van der Waals surface area contributed by atoms with Crippen molar-refractivity contribution in [3.63, 3.8) is 0 Å². The van der Waals surface area contributed by atoms with E-state index in [-0.39, 0.29) is 11.8 Å². The van der Waals surface area contributed by atoms with E-state index in [9.17, 15) is 9.59 Å². The van der Waals surface area contributed by atoms with Gasteiger partial charge in [0.25, 0.3) is 5.91 Å². The molecule has 0 radical (unpaired) electrons. The van der Waals surface area contributed by atoms with Gasteiger partial charge in [-0.25, -0.2) is 0 Å². The molecule has 1 saturated carbocycles. The van der Waals surface area contributed by atoms with Crippen molar-refractivity contribution in [1.82, 2.24) is 9.80 Å². The Labute approximate surface area is 157 Å². The van der Waals surface area contributed by atoms with Crippen molar-refractivity contribution < 1.29 is 14.3 Å². The quantitative estimate of drug-likeness (QED) is 0.752. The fourth-order valence-electron chi connectivity index (χ4n) is 3.30. The molecule has 136 valence electrons. The molecule has 5 nitrogen and oxygen atoms in total. The molecule has 7 heteroatoms. The second kappa shape index (κ2) is 6.69. The number of methoxy groups -OCH3 is 1. The summed E-state index contributed by atoms with van der Waals surface area (Å²) in [6.07, 6.45) is 1.20. The topological polar surface area (TPSA) is 49.9 Å². The van der Waals surface area contributed by atoms with E-state index in [1.807, 2.05) is 12.1 Å². The molecule has 1 aromatic carbocycles. The number of halogens is 2. The van der Waals surface area contributed by atoms with Crippen LogP contribution in [-0.4, -0.2) is 59.2 Å². The predicted molar refractivity (Wildman–Crippen MR) is 97.3 cm³/mol. The molecule has 2 amide bonds. The van der Waals surface area contributed by atoms with Crippen LogP contribution in [0, 0.1) is 5.41 Å². The Morgan fingerprint density at radius 1 is 1.08 bits per heavy atom. The summed E-state index contributed by atoms with van der Waals surface area (Å²) in [5.74, 6) is 0.460. The number of amides is 2. The highest BCUT2D eigenvalue weighted by atomic mass is 35.5. The lowest BCUT2D eigenvalue weighted by molar-refractivity contribution is -0.136. The number of nitrogens with zero attached hydrogens (tertiary/aromatic N) is 2. The number of hydrogen-bond donors (Lipinski definition) is 0. The Morgan fingerprint density at radius 2 is 1.68 bits per heavy atom. The van der Waals surface area contributed by atoms with Gasteiger partial charge in [-0.15, -0.1) is 23.2 Å². The van der Waals surface area contributed by atoms with Gasteiger partial charge < -0.3 is 14.5 Å². The highest BCUT2D eigenvalue weighted by Gasteiger charge is 2.68. The molecule has 1 atom stereocenters. The van der Waals surface area contributed by atoms with Crippen molar-refractivity contribution >= 4 is 35.0 Å². The van der Waals surface area contributed by atoms with Crippen LogP contribution in [0.5, 0.6) is 5.75 Å². The summed E-state index contributed by atoms with van der Waals surface area (Å²) in [5, 5.41) is 0. The molecule has 0 unspecified atom stereocenters. The Morgan fingerprint density at radius 3 is 2.32 bits per heavy atom. The number of alkyl halides is 2. The van der Waals surface area contributed by atoms with Crippen LogP contribution in [0.4, 0.5) is 0 Å². The van der Waals surface area contributed by atoms with Gasteiger partial charge in [0.05, 0.1) is 18.1 Å². The zero-order chi connectivity index (χ0) is 18.2. The molecule has 1 heterocycles. The Bertz CT molecular complexity index is 695. The van der Waals surface area contributed by atoms with Gasteiger partial charge in [0.15, 0.2) is 0 Å². The number of hydrogen-bond acceptors (Lipinski definition) is 3. The molecule has 3 rings (SSSR count). The third-order valence-corrected chi connectivity index (χ3v) is 6.24. The summed E-state index contributed by atoms with van der Waals surface area (Å²) in [5.41, 5.74) is -0.169. The lowest BCUT2D eigenvalue weighted by atomic mass is 10.1. The summed E-state index contributed by atoms with van der Waals surface area (Å²) in [6, 6.07) is 7.18. The first-order chi connectivity index (χ1) is 11.8. The van der Waals surface area contributed by atoms with Crippen molar-refractivity contribution in [3.05, 3.63) is 29.8 Å². The molecule has 25 heavy (non-hydrogen) atoms. The fourth-order valence-corrected chi connectivity index (χ4v) is 3.99. The van der Waals surface area contributed by atoms with Gasteiger partial charge in [-0.05, 0) is 31.9 Å². The maximum absolute atomic E-state index is 12.8. The molecular weight excluding hydrogens is 363 g/mol. The van der Waals surface area contributed by atoms with Crippen LogP contribution in [0.1, 0.15) is 30.1 Å². The molecule has 2 fully saturated rings. The maximum Gasteiger partial charge on any atom is 0.257 e. The van der Waals surface area contributed by atoms with Gasteiger partial charge in [0, 0.05) is 26.2 Å². The van der Waals surface area contributed by atoms with E-state index < -0.39 is 9.75 Å². The van der Waals surface area contributed by atoms with Crippen molar-refractivity contribution in [2.45, 2.75) is 24.1 Å². The number of ether oxygens (including phenoxy) is 1. The zero-order valence-corrected chi connectivity index (χ0v) is 15.9. The molecule has 1 aromatic rings. The van der Waals surface area contributed by atoms with Crippen molar-refractivity contribution in [1.29, 1.82) is 0 Å². The van der Waals surface area contributed by atoms with Gasteiger partial charge >= 0.3 is 0 Å². The van der Waals surface area contributed by atoms with Crippen molar-refractivity contribution in [2.24, 2.45) is 5.41 Å². The molecule has 1 saturated heterocycles. The van der Waals surface area contributed by atoms with Crippen LogP contribution in [0.3, 0.4) is 0 Å². The van der Waals surface area contributed by atoms with Crippen LogP contribution in [0.15, 0.2) is 24.3 Å². The molecular formula is C18H22Cl2N2O3. The van der Waals surface area contributed by atoms with E-state index in [2.05, 4.69) is 0 Å². The maximum atomic E-state index is 12.8. The van der Waals surface area contributed by atoms with Gasteiger partial charge in [0.2, 0.25) is 5.91 Å². The van der Waals surface area contributed by atoms with Crippen LogP contribution in [0.25, 0.3) is 0 Å². The minimum Gasteiger partial charge on any atom is -0.496 e. The van der Waals surface area contributed by atoms with E-state index in [0.717, 1.165) is 6.42 Å². The molecule has 0 aromatic heterocycles. The first kappa shape index (κ1) is 18.3. The smallest absolute Gasteiger partial charge is 0.257 e. The molecule has 0 spiro atoms. The Kier molecular flexibility index (Phi) is 4.91. The zero-order valence-electron chi connectivity index (χ0n) is 14.4. The van der Waals surface area contributed by atoms with Crippen molar-refractivity contribution in [2.75, 3.05) is 33.3 Å². The molecule has 0 bridgehead atoms. The third kappa shape index (κ3) is 3.32. The third-order valence-electron chi connectivity index (χ3n) is 5.14. The highest BCUT2D eigenvalue weighted by molar-refractivity contribution is 6.53. The summed E-state index contributed by atoms with van der Waals surface area (Å²) >= 11 is 12.3. The van der Waals surface area contributed by atoms with E-state index in [1.165, 1.54) is 0 Å². The Hall–Kier alpha value is -1.46. The van der Waals surface area contributed by atoms with Crippen LogP contribution in [0.2, 0.25) is 0 Å². The average molecular weight is 385 g/mol. The number of carbonyl (C=O) groups excluding carboxylic acids is 2. The molecule has 2 aliphatic rings. The first-order valence-corrected chi connectivity index (χ1v) is 9.15. The summed E-state index contributed by atoms with van der Waals surface area (Å²) in [6.45, 7) is 3.98. The first-order valence-electron chi connectivity index (χ1n) is 8.40. The largest absolute Gasteiger partial charge is 0.496 e. The summed E-state index contributed by atoms with van der Waals surface area (Å²) in [7, 11) is 1.55. The van der Waals surface area contributed by atoms with E-state index >= 15 is 0 Å². The normalized spacial score (nSPS) is 25.3. The fraction of sp³-hybridized carbons (Fsp3) is 0.556. The van der Waals surface area contributed by atoms with Crippen molar-refractivity contribution in [3.8, 4) is 5.75 Å². The minimum absolute atomic E-state index is 0.0240. The number of benzene rings is 1. The highest BCUT2D eigenvalue weighted by Crippen LogP contribution is 2.64. The Balaban J connectivity index is 1.68.